The maximum atomic E-state index is 13.2. The third kappa shape index (κ3) is 3.70. The molecule has 0 bridgehead atoms. The Labute approximate surface area is 165 Å². The van der Waals surface area contributed by atoms with E-state index in [1.807, 2.05) is 91.9 Å². The van der Waals surface area contributed by atoms with Gasteiger partial charge < -0.3 is 0 Å². The Hall–Kier alpha value is -2.95. The van der Waals surface area contributed by atoms with Crippen molar-refractivity contribution in [3.8, 4) is 0 Å². The van der Waals surface area contributed by atoms with Gasteiger partial charge in [-0.15, -0.1) is 0 Å². The molecule has 0 unspecified atom stereocenters. The summed E-state index contributed by atoms with van der Waals surface area (Å²) in [4.78, 5) is 0.265. The minimum atomic E-state index is -3.71. The van der Waals surface area contributed by atoms with Gasteiger partial charge in [0.15, 0.2) is 0 Å². The maximum Gasteiger partial charge on any atom is 0.241 e. The Kier molecular flexibility index (Phi) is 4.99. The summed E-state index contributed by atoms with van der Waals surface area (Å²) in [5.41, 5.74) is 2.89. The Morgan fingerprint density at radius 3 is 2.11 bits per heavy atom. The topological polar surface area (TPSA) is 46.2 Å². The van der Waals surface area contributed by atoms with Gasteiger partial charge in [0.25, 0.3) is 0 Å². The third-order valence-corrected chi connectivity index (χ3v) is 6.36. The first-order chi connectivity index (χ1) is 13.5. The van der Waals surface area contributed by atoms with Crippen LogP contribution in [-0.2, 0) is 10.0 Å². The Balaban J connectivity index is 1.78. The lowest BCUT2D eigenvalue weighted by Crippen LogP contribution is -2.30. The lowest BCUT2D eigenvalue weighted by Gasteiger charge is -2.22. The second-order valence-corrected chi connectivity index (χ2v) is 8.54. The van der Waals surface area contributed by atoms with Crippen molar-refractivity contribution in [1.29, 1.82) is 0 Å². The number of aryl methyl sites for hydroxylation is 1. The van der Waals surface area contributed by atoms with E-state index in [2.05, 4.69) is 4.72 Å². The van der Waals surface area contributed by atoms with Crippen LogP contribution in [0.25, 0.3) is 10.8 Å². The zero-order valence-corrected chi connectivity index (χ0v) is 16.4. The SMILES string of the molecule is Cc1ccccc1[C@@H](NS(=O)(=O)c1ccc2ccccc2c1)c1ccccc1. The minimum absolute atomic E-state index is 0.265. The first-order valence-electron chi connectivity index (χ1n) is 9.16. The van der Waals surface area contributed by atoms with Crippen LogP contribution in [0.15, 0.2) is 102 Å². The number of rotatable bonds is 5. The van der Waals surface area contributed by atoms with Gasteiger partial charge in [-0.2, -0.15) is 4.72 Å². The van der Waals surface area contributed by atoms with Crippen LogP contribution >= 0.6 is 0 Å². The van der Waals surface area contributed by atoms with E-state index in [-0.39, 0.29) is 4.90 Å². The second-order valence-electron chi connectivity index (χ2n) is 6.83. The predicted molar refractivity (Wildman–Crippen MR) is 114 cm³/mol. The van der Waals surface area contributed by atoms with Gasteiger partial charge in [0.2, 0.25) is 10.0 Å². The average Bonchev–Trinajstić information content (AvgIpc) is 2.73. The molecule has 3 nitrogen and oxygen atoms in total. The molecule has 4 rings (SSSR count). The molecule has 4 aromatic carbocycles. The van der Waals surface area contributed by atoms with E-state index >= 15 is 0 Å². The lowest BCUT2D eigenvalue weighted by molar-refractivity contribution is 0.572. The van der Waals surface area contributed by atoms with Crippen LogP contribution in [0.5, 0.6) is 0 Å². The number of nitrogens with one attached hydrogen (secondary N) is 1. The minimum Gasteiger partial charge on any atom is -0.207 e. The van der Waals surface area contributed by atoms with E-state index in [1.54, 1.807) is 12.1 Å². The predicted octanol–water partition coefficient (Wildman–Crippen LogP) is 5.22. The summed E-state index contributed by atoms with van der Waals surface area (Å²) in [7, 11) is -3.71. The van der Waals surface area contributed by atoms with Crippen molar-refractivity contribution in [3.63, 3.8) is 0 Å². The molecule has 4 heteroatoms. The summed E-state index contributed by atoms with van der Waals surface area (Å²) in [5.74, 6) is 0. The van der Waals surface area contributed by atoms with Crippen molar-refractivity contribution in [3.05, 3.63) is 114 Å². The van der Waals surface area contributed by atoms with Gasteiger partial charge in [-0.05, 0) is 46.5 Å². The molecule has 28 heavy (non-hydrogen) atoms. The Morgan fingerprint density at radius 1 is 0.714 bits per heavy atom. The molecule has 0 saturated carbocycles. The van der Waals surface area contributed by atoms with E-state index in [4.69, 9.17) is 0 Å². The van der Waals surface area contributed by atoms with Crippen LogP contribution in [0.3, 0.4) is 0 Å². The fourth-order valence-electron chi connectivity index (χ4n) is 3.43. The fourth-order valence-corrected chi connectivity index (χ4v) is 4.66. The number of hydrogen-bond donors (Lipinski definition) is 1. The first-order valence-corrected chi connectivity index (χ1v) is 10.6. The summed E-state index contributed by atoms with van der Waals surface area (Å²) < 4.78 is 29.4. The molecule has 0 fully saturated rings. The molecule has 1 N–H and O–H groups in total. The molecule has 4 aromatic rings. The average molecular weight is 388 g/mol. The number of sulfonamides is 1. The van der Waals surface area contributed by atoms with Crippen molar-refractivity contribution < 1.29 is 8.42 Å². The molecule has 0 aliphatic carbocycles. The Morgan fingerprint density at radius 2 is 1.36 bits per heavy atom. The van der Waals surface area contributed by atoms with Crippen molar-refractivity contribution in [2.45, 2.75) is 17.9 Å². The molecular formula is C24H21NO2S. The molecule has 140 valence electrons. The standard InChI is InChI=1S/C24H21NO2S/c1-18-9-5-8-14-23(18)24(20-11-3-2-4-12-20)25-28(26,27)22-16-15-19-10-6-7-13-21(19)17-22/h2-17,24-25H,1H3/t24-/m0/s1. The molecule has 0 amide bonds. The summed E-state index contributed by atoms with van der Waals surface area (Å²) in [6.45, 7) is 2.00. The highest BCUT2D eigenvalue weighted by Crippen LogP contribution is 2.28. The molecule has 0 aromatic heterocycles. The number of benzene rings is 4. The van der Waals surface area contributed by atoms with Gasteiger partial charge >= 0.3 is 0 Å². The van der Waals surface area contributed by atoms with Crippen molar-refractivity contribution >= 4 is 20.8 Å². The van der Waals surface area contributed by atoms with Crippen LogP contribution < -0.4 is 4.72 Å². The smallest absolute Gasteiger partial charge is 0.207 e. The normalized spacial score (nSPS) is 12.8. The van der Waals surface area contributed by atoms with Gasteiger partial charge in [0.05, 0.1) is 10.9 Å². The van der Waals surface area contributed by atoms with Gasteiger partial charge in [0, 0.05) is 0 Å². The van der Waals surface area contributed by atoms with Gasteiger partial charge in [-0.3, -0.25) is 0 Å². The van der Waals surface area contributed by atoms with E-state index in [0.29, 0.717) is 0 Å². The van der Waals surface area contributed by atoms with E-state index < -0.39 is 16.1 Å². The highest BCUT2D eigenvalue weighted by molar-refractivity contribution is 7.89. The van der Waals surface area contributed by atoms with Crippen molar-refractivity contribution in [1.82, 2.24) is 4.72 Å². The zero-order valence-electron chi connectivity index (χ0n) is 15.5. The van der Waals surface area contributed by atoms with Crippen LogP contribution in [0.1, 0.15) is 22.7 Å². The summed E-state index contributed by atoms with van der Waals surface area (Å²) in [6.07, 6.45) is 0. The van der Waals surface area contributed by atoms with Crippen molar-refractivity contribution in [2.24, 2.45) is 0 Å². The molecule has 1 atom stereocenters. The largest absolute Gasteiger partial charge is 0.241 e. The highest BCUT2D eigenvalue weighted by Gasteiger charge is 2.24. The molecule has 0 radical (unpaired) electrons. The molecule has 0 saturated heterocycles. The lowest BCUT2D eigenvalue weighted by atomic mass is 9.96. The first kappa shape index (κ1) is 18.4. The molecule has 0 aliphatic heterocycles. The second kappa shape index (κ2) is 7.58. The Bertz CT molecular complexity index is 1220. The van der Waals surface area contributed by atoms with Gasteiger partial charge in [0.1, 0.15) is 0 Å². The van der Waals surface area contributed by atoms with Crippen LogP contribution in [0.4, 0.5) is 0 Å². The van der Waals surface area contributed by atoms with E-state index in [9.17, 15) is 8.42 Å². The molecule has 0 spiro atoms. The molecular weight excluding hydrogens is 366 g/mol. The van der Waals surface area contributed by atoms with Gasteiger partial charge in [-0.1, -0.05) is 84.9 Å². The third-order valence-electron chi connectivity index (χ3n) is 4.94. The zero-order chi connectivity index (χ0) is 19.6. The summed E-state index contributed by atoms with van der Waals surface area (Å²) in [6, 6.07) is 30.0. The van der Waals surface area contributed by atoms with E-state index in [0.717, 1.165) is 27.5 Å². The molecule has 0 heterocycles. The van der Waals surface area contributed by atoms with Crippen LogP contribution in [-0.4, -0.2) is 8.42 Å². The summed E-state index contributed by atoms with van der Waals surface area (Å²) in [5, 5.41) is 1.91. The fraction of sp³-hybridized carbons (Fsp3) is 0.0833. The van der Waals surface area contributed by atoms with Crippen LogP contribution in [0, 0.1) is 6.92 Å². The van der Waals surface area contributed by atoms with Gasteiger partial charge in [-0.25, -0.2) is 8.42 Å². The highest BCUT2D eigenvalue weighted by atomic mass is 32.2. The monoisotopic (exact) mass is 387 g/mol. The van der Waals surface area contributed by atoms with Crippen LogP contribution in [0.2, 0.25) is 0 Å². The number of fused-ring (bicyclic) bond motifs is 1. The van der Waals surface area contributed by atoms with E-state index in [1.165, 1.54) is 0 Å². The summed E-state index contributed by atoms with van der Waals surface area (Å²) >= 11 is 0. The van der Waals surface area contributed by atoms with Crippen molar-refractivity contribution in [2.75, 3.05) is 0 Å². The molecule has 0 aliphatic rings. The number of hydrogen-bond acceptors (Lipinski definition) is 2. The maximum absolute atomic E-state index is 13.2. The quantitative estimate of drug-likeness (QED) is 0.510.